The van der Waals surface area contributed by atoms with Crippen LogP contribution in [0.4, 0.5) is 0 Å². The third-order valence-electron chi connectivity index (χ3n) is 2.45. The molecule has 0 amide bonds. The lowest BCUT2D eigenvalue weighted by molar-refractivity contribution is 0.276. The summed E-state index contributed by atoms with van der Waals surface area (Å²) in [6.07, 6.45) is 3.12. The van der Waals surface area contributed by atoms with E-state index in [4.69, 9.17) is 33.0 Å². The van der Waals surface area contributed by atoms with Crippen LogP contribution in [0.25, 0.3) is 6.08 Å². The largest absolute Gasteiger partial charge is 0.437 e. The number of nitrogens with one attached hydrogen (secondary N) is 1. The lowest BCUT2D eigenvalue weighted by Gasteiger charge is -2.05. The molecule has 0 radical (unpaired) electrons. The van der Waals surface area contributed by atoms with E-state index in [-0.39, 0.29) is 19.1 Å². The van der Waals surface area contributed by atoms with Gasteiger partial charge in [0.1, 0.15) is 5.75 Å². The van der Waals surface area contributed by atoms with Gasteiger partial charge in [-0.1, -0.05) is 29.3 Å². The summed E-state index contributed by atoms with van der Waals surface area (Å²) in [6.45, 7) is -0.351. The quantitative estimate of drug-likeness (QED) is 0.792. The van der Waals surface area contributed by atoms with Gasteiger partial charge in [-0.15, -0.1) is 5.10 Å². The maximum absolute atomic E-state index is 9.22. The van der Waals surface area contributed by atoms with E-state index >= 15 is 0 Å². The first kappa shape index (κ1) is 14.9. The number of ether oxygens (including phenoxy) is 1. The van der Waals surface area contributed by atoms with Crippen LogP contribution in [0.5, 0.6) is 11.6 Å². The number of benzene rings is 1. The fourth-order valence-corrected chi connectivity index (χ4v) is 2.11. The molecule has 5 nitrogen and oxygen atoms in total. The van der Waals surface area contributed by atoms with E-state index in [1.807, 2.05) is 0 Å². The highest BCUT2D eigenvalue weighted by Crippen LogP contribution is 2.30. The summed E-state index contributed by atoms with van der Waals surface area (Å²) >= 11 is 11.8. The molecule has 0 bridgehead atoms. The highest BCUT2D eigenvalue weighted by Gasteiger charge is 2.12. The van der Waals surface area contributed by atoms with Crippen LogP contribution in [-0.4, -0.2) is 27.0 Å². The van der Waals surface area contributed by atoms with E-state index in [1.165, 1.54) is 6.08 Å². The molecule has 3 N–H and O–H groups in total. The highest BCUT2D eigenvalue weighted by molar-refractivity contribution is 6.34. The molecular weight excluding hydrogens is 303 g/mol. The number of H-pyrrole nitrogens is 1. The number of aliphatic hydroxyl groups excluding tert-OH is 2. The molecule has 0 aliphatic heterocycles. The smallest absolute Gasteiger partial charge is 0.245 e. The normalized spacial score (nSPS) is 11.2. The Kier molecular flexibility index (Phi) is 5.03. The molecule has 1 aromatic heterocycles. The topological polar surface area (TPSA) is 78.4 Å². The molecule has 2 rings (SSSR count). The fraction of sp³-hybridized carbons (Fsp3) is 0.154. The Balaban J connectivity index is 2.33. The van der Waals surface area contributed by atoms with Gasteiger partial charge in [-0.25, -0.2) is 0 Å². The van der Waals surface area contributed by atoms with Crippen LogP contribution in [0.2, 0.25) is 10.0 Å². The van der Waals surface area contributed by atoms with Crippen molar-refractivity contribution < 1.29 is 14.9 Å². The Bertz CT molecular complexity index is 606. The molecule has 7 heteroatoms. The van der Waals surface area contributed by atoms with Crippen LogP contribution in [0, 0.1) is 0 Å². The summed E-state index contributed by atoms with van der Waals surface area (Å²) in [5.74, 6) is 0.689. The van der Waals surface area contributed by atoms with E-state index in [2.05, 4.69) is 10.2 Å². The van der Waals surface area contributed by atoms with Gasteiger partial charge in [0.15, 0.2) is 0 Å². The molecule has 0 saturated carbocycles. The number of hydrogen-bond donors (Lipinski definition) is 3. The summed E-state index contributed by atoms with van der Waals surface area (Å²) in [7, 11) is 0. The fourth-order valence-electron chi connectivity index (χ4n) is 1.61. The lowest BCUT2D eigenvalue weighted by atomic mass is 10.2. The van der Waals surface area contributed by atoms with Gasteiger partial charge in [0.2, 0.25) is 5.88 Å². The molecule has 20 heavy (non-hydrogen) atoms. The average Bonchev–Trinajstić information content (AvgIpc) is 2.77. The number of rotatable bonds is 5. The highest BCUT2D eigenvalue weighted by atomic mass is 35.5. The van der Waals surface area contributed by atoms with Gasteiger partial charge in [0, 0.05) is 10.0 Å². The predicted molar refractivity (Wildman–Crippen MR) is 77.2 cm³/mol. The van der Waals surface area contributed by atoms with Gasteiger partial charge < -0.3 is 14.9 Å². The number of aromatic amines is 1. The minimum Gasteiger partial charge on any atom is -0.437 e. The standard InChI is InChI=1S/C13H12Cl2N2O3/c14-8-4-9(15)6-10(5-8)20-13-11(2-1-3-18)12(7-19)16-17-13/h1-2,4-6,18-19H,3,7H2,(H,16,17)/b2-1+. The molecule has 0 spiro atoms. The Morgan fingerprint density at radius 1 is 1.20 bits per heavy atom. The zero-order chi connectivity index (χ0) is 14.5. The molecule has 0 aliphatic rings. The van der Waals surface area contributed by atoms with Crippen molar-refractivity contribution in [3.63, 3.8) is 0 Å². The van der Waals surface area contributed by atoms with Crippen molar-refractivity contribution in [2.24, 2.45) is 0 Å². The van der Waals surface area contributed by atoms with Gasteiger partial charge in [-0.2, -0.15) is 0 Å². The zero-order valence-corrected chi connectivity index (χ0v) is 11.8. The van der Waals surface area contributed by atoms with Gasteiger partial charge in [0.05, 0.1) is 24.5 Å². The molecule has 0 unspecified atom stereocenters. The number of aromatic nitrogens is 2. The van der Waals surface area contributed by atoms with Gasteiger partial charge >= 0.3 is 0 Å². The van der Waals surface area contributed by atoms with E-state index in [0.29, 0.717) is 27.1 Å². The van der Waals surface area contributed by atoms with Crippen LogP contribution in [0.15, 0.2) is 24.3 Å². The molecule has 0 aliphatic carbocycles. The van der Waals surface area contributed by atoms with Crippen LogP contribution in [0.3, 0.4) is 0 Å². The van der Waals surface area contributed by atoms with Crippen molar-refractivity contribution in [2.75, 3.05) is 6.61 Å². The van der Waals surface area contributed by atoms with Crippen LogP contribution >= 0.6 is 23.2 Å². The molecule has 0 fully saturated rings. The van der Waals surface area contributed by atoms with E-state index in [9.17, 15) is 5.11 Å². The zero-order valence-electron chi connectivity index (χ0n) is 10.3. The third kappa shape index (κ3) is 3.52. The van der Waals surface area contributed by atoms with Crippen molar-refractivity contribution in [2.45, 2.75) is 6.61 Å². The van der Waals surface area contributed by atoms with Gasteiger partial charge in [-0.05, 0) is 24.3 Å². The maximum Gasteiger partial charge on any atom is 0.245 e. The van der Waals surface area contributed by atoms with Crippen molar-refractivity contribution in [3.05, 3.63) is 45.6 Å². The Hall–Kier alpha value is -1.53. The molecule has 106 valence electrons. The molecule has 0 saturated heterocycles. The number of halogens is 2. The summed E-state index contributed by atoms with van der Waals surface area (Å²) < 4.78 is 5.60. The second-order valence-electron chi connectivity index (χ2n) is 3.87. The molecule has 0 atom stereocenters. The van der Waals surface area contributed by atoms with Gasteiger partial charge in [0.25, 0.3) is 0 Å². The Morgan fingerprint density at radius 2 is 1.90 bits per heavy atom. The number of hydrogen-bond acceptors (Lipinski definition) is 4. The van der Waals surface area contributed by atoms with Crippen molar-refractivity contribution in [3.8, 4) is 11.6 Å². The van der Waals surface area contributed by atoms with Crippen LogP contribution < -0.4 is 4.74 Å². The van der Waals surface area contributed by atoms with E-state index in [0.717, 1.165) is 0 Å². The summed E-state index contributed by atoms with van der Waals surface area (Å²) in [5.41, 5.74) is 1.04. The van der Waals surface area contributed by atoms with E-state index < -0.39 is 0 Å². The molecular formula is C13H12Cl2N2O3. The lowest BCUT2D eigenvalue weighted by Crippen LogP contribution is -1.89. The van der Waals surface area contributed by atoms with Crippen molar-refractivity contribution in [1.82, 2.24) is 10.2 Å². The minimum atomic E-state index is -0.224. The summed E-state index contributed by atoms with van der Waals surface area (Å²) in [5, 5.41) is 25.6. The number of aliphatic hydroxyl groups is 2. The van der Waals surface area contributed by atoms with Gasteiger partial charge in [-0.3, -0.25) is 5.10 Å². The predicted octanol–water partition coefficient (Wildman–Crippen LogP) is 3.01. The Morgan fingerprint density at radius 3 is 2.50 bits per heavy atom. The first-order chi connectivity index (χ1) is 9.63. The summed E-state index contributed by atoms with van der Waals surface area (Å²) in [6, 6.07) is 4.78. The van der Waals surface area contributed by atoms with Crippen LogP contribution in [0.1, 0.15) is 11.3 Å². The second-order valence-corrected chi connectivity index (χ2v) is 4.74. The Labute approximate surface area is 125 Å². The second kappa shape index (κ2) is 6.76. The molecule has 1 heterocycles. The van der Waals surface area contributed by atoms with Crippen molar-refractivity contribution in [1.29, 1.82) is 0 Å². The maximum atomic E-state index is 9.22. The number of nitrogens with zero attached hydrogens (tertiary/aromatic N) is 1. The minimum absolute atomic E-state index is 0.127. The first-order valence-corrected chi connectivity index (χ1v) is 6.49. The van der Waals surface area contributed by atoms with Crippen molar-refractivity contribution >= 4 is 29.3 Å². The first-order valence-electron chi connectivity index (χ1n) is 5.73. The average molecular weight is 315 g/mol. The molecule has 1 aromatic carbocycles. The summed E-state index contributed by atoms with van der Waals surface area (Å²) in [4.78, 5) is 0. The monoisotopic (exact) mass is 314 g/mol. The van der Waals surface area contributed by atoms with E-state index in [1.54, 1.807) is 24.3 Å². The SMILES string of the molecule is OC/C=C/c1c(Oc2cc(Cl)cc(Cl)c2)n[nH]c1CO. The molecule has 2 aromatic rings. The van der Waals surface area contributed by atoms with Crippen LogP contribution in [-0.2, 0) is 6.61 Å². The third-order valence-corrected chi connectivity index (χ3v) is 2.88.